The molecule has 0 aromatic rings. The van der Waals surface area contributed by atoms with Gasteiger partial charge in [-0.15, -0.1) is 0 Å². The second kappa shape index (κ2) is 29.1. The summed E-state index contributed by atoms with van der Waals surface area (Å²) < 4.78 is 87.0. The highest BCUT2D eigenvalue weighted by Crippen LogP contribution is 3.10. The van der Waals surface area contributed by atoms with Crippen LogP contribution in [0.1, 0.15) is 25.7 Å². The van der Waals surface area contributed by atoms with E-state index in [9.17, 15) is 112 Å². The highest BCUT2D eigenvalue weighted by atomic mass is 16.8. The first kappa shape index (κ1) is 73.8. The first-order valence-corrected chi connectivity index (χ1v) is 33.4. The Morgan fingerprint density at radius 1 is 0.306 bits per heavy atom. The van der Waals surface area contributed by atoms with E-state index in [4.69, 9.17) is 71.1 Å². The zero-order valence-corrected chi connectivity index (χ0v) is 52.7. The summed E-state index contributed by atoms with van der Waals surface area (Å²) in [5.74, 6) is 1.39. The maximum Gasteiger partial charge on any atom is 0.312 e. The Hall–Kier alpha value is -2.46. The molecule has 35 atom stereocenters. The first-order chi connectivity index (χ1) is 46.9. The number of methoxy groups -OCH3 is 1. The molecule has 39 heteroatoms. The number of hydrogen-bond acceptors (Lipinski definition) is 38. The Morgan fingerprint density at radius 3 is 0.776 bits per heavy atom. The largest absolute Gasteiger partial charge is 0.469 e. The van der Waals surface area contributed by atoms with Crippen molar-refractivity contribution in [2.24, 2.45) is 46.3 Å². The van der Waals surface area contributed by atoms with Crippen molar-refractivity contribution in [1.82, 2.24) is 10.6 Å². The molecule has 27 aliphatic rings. The van der Waals surface area contributed by atoms with Gasteiger partial charge in [-0.2, -0.15) is 0 Å². The number of hydrogen-bond donors (Lipinski definition) is 22. The number of aliphatic hydroxyl groups excluding tert-OH is 20. The van der Waals surface area contributed by atoms with Gasteiger partial charge in [0.2, 0.25) is 5.91 Å². The number of aliphatic hydroxyl groups is 20. The molecule has 21 aliphatic heterocycles. The van der Waals surface area contributed by atoms with Gasteiger partial charge >= 0.3 is 5.97 Å². The summed E-state index contributed by atoms with van der Waals surface area (Å²) in [6, 6.07) is 0. The highest BCUT2D eigenvalue weighted by Gasteiger charge is 3.13. The molecular weight excluding hydrogens is 1330 g/mol. The number of carbonyl (C=O) groups is 2. The van der Waals surface area contributed by atoms with Crippen LogP contribution in [0.4, 0.5) is 0 Å². The Morgan fingerprint density at radius 2 is 0.531 bits per heavy atom. The fraction of sp³-hybridized carbons (Fsp3) is 0.966. The van der Waals surface area contributed by atoms with Crippen LogP contribution in [-0.2, 0) is 80.6 Å². The van der Waals surface area contributed by atoms with Crippen LogP contribution in [-0.4, -0.2) is 395 Å². The molecule has 560 valence electrons. The second-order valence-corrected chi connectivity index (χ2v) is 27.9. The van der Waals surface area contributed by atoms with Crippen molar-refractivity contribution in [1.29, 1.82) is 0 Å². The maximum atomic E-state index is 13.5. The van der Waals surface area contributed by atoms with Crippen molar-refractivity contribution in [2.75, 3.05) is 66.4 Å². The molecule has 22 N–H and O–H groups in total. The van der Waals surface area contributed by atoms with E-state index < -0.39 is 255 Å². The zero-order chi connectivity index (χ0) is 70.0. The maximum absolute atomic E-state index is 13.5. The Bertz CT molecular complexity index is 2660. The quantitative estimate of drug-likeness (QED) is 0.0475. The van der Waals surface area contributed by atoms with Gasteiger partial charge in [0.15, 0.2) is 44.0 Å². The summed E-state index contributed by atoms with van der Waals surface area (Å²) in [5, 5.41) is 231. The Labute approximate surface area is 557 Å². The smallest absolute Gasteiger partial charge is 0.312 e. The molecule has 6 aliphatic carbocycles. The number of amides is 1. The van der Waals surface area contributed by atoms with E-state index in [1.807, 2.05) is 0 Å². The van der Waals surface area contributed by atoms with Crippen molar-refractivity contribution in [3.63, 3.8) is 0 Å². The van der Waals surface area contributed by atoms with Crippen LogP contribution >= 0.6 is 0 Å². The van der Waals surface area contributed by atoms with Gasteiger partial charge in [0.1, 0.15) is 171 Å². The SMILES string of the molecule is COC(=O)C12C3C4C1C1C2C3C41C(=O)NCCCCCCNC[C@H]1O[C@@H]2O[C@H]3[C@H](O)[C@@H](O)[C@@H](O[C@H]4[C@H](O)[C@@H](O)[C@@H](O[C@H]5[C@H](O)[C@@H](O)[C@@H](O[C@H]6[C@H](O)[C@@H](O)[C@@H](O[C@H]7[C@H](O)[C@@H](O)[C@@H](O[C@H]8[C@H](O)[C@@H](O)[C@@H](O[C@H]1[C@H](O)[C@H]2O)O[C@@H]8CO)O[C@@H]7CO)O[C@@H]6CO)O[C@@H]5CO)O[C@@H]4CO)O[C@@H]3CO. The molecule has 0 aromatic carbocycles. The molecule has 27 rings (SSSR count). The number of esters is 1. The van der Waals surface area contributed by atoms with Gasteiger partial charge in [-0.05, 0) is 54.9 Å². The van der Waals surface area contributed by atoms with E-state index in [0.29, 0.717) is 32.2 Å². The van der Waals surface area contributed by atoms with Crippen molar-refractivity contribution in [3.8, 4) is 0 Å². The molecule has 14 bridgehead atoms. The summed E-state index contributed by atoms with van der Waals surface area (Å²) in [6.45, 7) is -5.79. The van der Waals surface area contributed by atoms with Crippen molar-refractivity contribution in [3.05, 3.63) is 0 Å². The predicted octanol–water partition coefficient (Wildman–Crippen LogP) is -14.0. The van der Waals surface area contributed by atoms with E-state index in [1.165, 1.54) is 7.11 Å². The monoisotopic (exact) mass is 1420 g/mol. The van der Waals surface area contributed by atoms with Gasteiger partial charge in [-0.25, -0.2) is 0 Å². The van der Waals surface area contributed by atoms with E-state index in [2.05, 4.69) is 10.6 Å². The molecule has 0 spiro atoms. The second-order valence-electron chi connectivity index (χ2n) is 27.9. The minimum Gasteiger partial charge on any atom is -0.469 e. The molecule has 0 aromatic heterocycles. The van der Waals surface area contributed by atoms with E-state index >= 15 is 0 Å². The van der Waals surface area contributed by atoms with Crippen LogP contribution in [0.2, 0.25) is 0 Å². The number of nitrogens with one attached hydrogen (secondary N) is 2. The highest BCUT2D eigenvalue weighted by molar-refractivity contribution is 5.98. The molecule has 0 radical (unpaired) electrons. The Kier molecular flexibility index (Phi) is 21.9. The fourth-order valence-corrected chi connectivity index (χ4v) is 18.3. The van der Waals surface area contributed by atoms with Crippen LogP contribution in [0.5, 0.6) is 0 Å². The van der Waals surface area contributed by atoms with Crippen LogP contribution in [0.3, 0.4) is 0 Å². The van der Waals surface area contributed by atoms with Gasteiger partial charge < -0.3 is 184 Å². The van der Waals surface area contributed by atoms with E-state index in [0.717, 1.165) is 0 Å². The number of rotatable bonds is 17. The fourth-order valence-electron chi connectivity index (χ4n) is 18.3. The van der Waals surface area contributed by atoms with Crippen molar-refractivity contribution in [2.45, 2.75) is 241 Å². The van der Waals surface area contributed by atoms with Crippen LogP contribution in [0, 0.1) is 46.3 Å². The molecule has 27 fully saturated rings. The van der Waals surface area contributed by atoms with Crippen molar-refractivity contribution < 1.29 is 183 Å². The summed E-state index contributed by atoms with van der Waals surface area (Å²) in [4.78, 5) is 26.0. The molecule has 98 heavy (non-hydrogen) atoms. The van der Waals surface area contributed by atoms with E-state index in [-0.39, 0.29) is 71.3 Å². The average Bonchev–Trinajstić information content (AvgIpc) is 0.547. The average molecular weight is 1420 g/mol. The predicted molar refractivity (Wildman–Crippen MR) is 304 cm³/mol. The van der Waals surface area contributed by atoms with Gasteiger partial charge in [0, 0.05) is 13.1 Å². The summed E-state index contributed by atoms with van der Waals surface area (Å²) in [5.41, 5.74) is -0.700. The Balaban J connectivity index is 0.712. The lowest BCUT2D eigenvalue weighted by molar-refractivity contribution is -0.626. The third-order valence-corrected chi connectivity index (χ3v) is 23.1. The molecule has 0 unspecified atom stereocenters. The molecule has 21 heterocycles. The zero-order valence-electron chi connectivity index (χ0n) is 52.7. The van der Waals surface area contributed by atoms with Gasteiger partial charge in [-0.3, -0.25) is 9.59 Å². The normalized spacial score (nSPS) is 55.5. The van der Waals surface area contributed by atoms with Gasteiger partial charge in [0.25, 0.3) is 0 Å². The molecule has 39 nitrogen and oxygen atoms in total. The summed E-state index contributed by atoms with van der Waals surface area (Å²) >= 11 is 0. The van der Waals surface area contributed by atoms with Crippen molar-refractivity contribution >= 4 is 11.9 Å². The third kappa shape index (κ3) is 11.5. The minimum atomic E-state index is -2.22. The third-order valence-electron chi connectivity index (χ3n) is 23.1. The van der Waals surface area contributed by atoms with Gasteiger partial charge in [0.05, 0.1) is 57.6 Å². The molecule has 21 saturated heterocycles. The summed E-state index contributed by atoms with van der Waals surface area (Å²) in [6.07, 6.45) is -67.2. The van der Waals surface area contributed by atoms with E-state index in [1.54, 1.807) is 0 Å². The van der Waals surface area contributed by atoms with Crippen LogP contribution < -0.4 is 10.6 Å². The summed E-state index contributed by atoms with van der Waals surface area (Å²) in [7, 11) is 1.41. The van der Waals surface area contributed by atoms with Crippen LogP contribution in [0.25, 0.3) is 0 Å². The lowest BCUT2D eigenvalue weighted by atomic mass is 8.92. The lowest BCUT2D eigenvalue weighted by Gasteiger charge is -3.09. The van der Waals surface area contributed by atoms with Gasteiger partial charge in [-0.1, -0.05) is 12.8 Å². The first-order valence-electron chi connectivity index (χ1n) is 33.4. The molecular formula is C59H92N2O37. The lowest BCUT2D eigenvalue weighted by Crippen LogP contribution is -3.12. The number of ether oxygens (including phenoxy) is 15. The standard InChI is InChI=1S/C59H92N2O37/c1-84-57(83)59-25-22-26(59)24-27(59)23(25)58(22,24)56(82)61-7-5-3-2-4-6-60-8-15-42-28(68)35(75)49(85-15)93-43-16(9-62)87-51(37(77)30(43)70)95-45-18(11-64)89-53(39(79)32(45)72)97-47-20(13-66)91-55(41(81)34(47)74)98-48-21(14-67)90-54(40(80)33(48)73)96-46-19(12-65)88-52(38(78)31(46)71)94-44-17(10-63)86-50(92-42)36(76)29(44)69/h15-55,60,62-81H,2-14H2,1H3,(H,61,82)/t15-,16-,17-,18-,19-,20-,21-,22?,23?,24?,25?,26?,27?,28-,29-,30-,31-,32-,33-,34-,35-,36-,37-,38-,39-,40-,41-,42-,43-,44-,45-,46-,47-,48-,49-,50-,51-,52-,53-,54-,55-,58?,59?/m1/s1. The van der Waals surface area contributed by atoms with Crippen LogP contribution in [0.15, 0.2) is 0 Å². The topological polar surface area (TPSA) is 601 Å². The molecule has 1 amide bonds. The molecule has 6 saturated carbocycles. The number of unbranched alkanes of at least 4 members (excludes halogenated alkanes) is 3. The minimum absolute atomic E-state index is 0.0478. The number of carbonyl (C=O) groups excluding carboxylic acids is 2.